The Morgan fingerprint density at radius 3 is 1.90 bits per heavy atom. The largest absolute Gasteiger partial charge is 1.00 e. The standard InChI is InChI=1S/C3H6O3S.CH4O.Na/c1-2-3-7(4,5)6;1-2;/h2H,1,3H2,(H,4,5,6);2H,1H3;/q;;+1/p-1. The monoisotopic (exact) mass is 176 g/mol. The quantitative estimate of drug-likeness (QED) is 0.267. The van der Waals surface area contributed by atoms with Crippen molar-refractivity contribution in [1.82, 2.24) is 0 Å². The molecule has 0 amide bonds. The van der Waals surface area contributed by atoms with E-state index in [9.17, 15) is 13.0 Å². The second-order valence-electron chi connectivity index (χ2n) is 1.01. The second-order valence-corrected chi connectivity index (χ2v) is 2.46. The van der Waals surface area contributed by atoms with E-state index in [1.165, 1.54) is 0 Å². The molecule has 0 saturated heterocycles. The van der Waals surface area contributed by atoms with Gasteiger partial charge in [-0.1, -0.05) is 6.08 Å². The van der Waals surface area contributed by atoms with Crippen LogP contribution in [0.2, 0.25) is 0 Å². The minimum Gasteiger partial charge on any atom is -0.748 e. The third kappa shape index (κ3) is 23.5. The van der Waals surface area contributed by atoms with Gasteiger partial charge in [0.15, 0.2) is 0 Å². The molecule has 0 heterocycles. The molecule has 0 aliphatic rings. The fourth-order valence-electron chi connectivity index (χ4n) is 0.144. The summed E-state index contributed by atoms with van der Waals surface area (Å²) in [7, 11) is -3.04. The van der Waals surface area contributed by atoms with Gasteiger partial charge in [-0.3, -0.25) is 0 Å². The molecule has 0 aromatic rings. The molecule has 0 spiro atoms. The smallest absolute Gasteiger partial charge is 0.748 e. The first-order chi connectivity index (χ1) is 4.06. The molecule has 0 rings (SSSR count). The molecule has 4 nitrogen and oxygen atoms in total. The van der Waals surface area contributed by atoms with E-state index in [1.807, 2.05) is 0 Å². The minimum absolute atomic E-state index is 0. The molecule has 0 aromatic heterocycles. The first-order valence-corrected chi connectivity index (χ1v) is 3.63. The van der Waals surface area contributed by atoms with Crippen molar-refractivity contribution >= 4 is 10.1 Å². The molecule has 56 valence electrons. The van der Waals surface area contributed by atoms with Gasteiger partial charge in [-0.15, -0.1) is 6.58 Å². The molecule has 0 aliphatic carbocycles. The molecular weight excluding hydrogens is 167 g/mol. The van der Waals surface area contributed by atoms with Crippen molar-refractivity contribution in [3.8, 4) is 0 Å². The van der Waals surface area contributed by atoms with E-state index in [0.29, 0.717) is 0 Å². The molecule has 0 fully saturated rings. The summed E-state index contributed by atoms with van der Waals surface area (Å²) in [5.41, 5.74) is 0. The molecular formula is C4H9NaO4S. The molecule has 0 aliphatic heterocycles. The van der Waals surface area contributed by atoms with Crippen LogP contribution in [0.3, 0.4) is 0 Å². The van der Waals surface area contributed by atoms with Gasteiger partial charge in [-0.2, -0.15) is 0 Å². The maximum absolute atomic E-state index is 9.60. The van der Waals surface area contributed by atoms with Crippen LogP contribution in [0.1, 0.15) is 0 Å². The van der Waals surface area contributed by atoms with Crippen LogP contribution in [-0.2, 0) is 10.1 Å². The molecule has 6 heteroatoms. The zero-order valence-electron chi connectivity index (χ0n) is 6.07. The van der Waals surface area contributed by atoms with Gasteiger partial charge in [0.25, 0.3) is 0 Å². The zero-order valence-corrected chi connectivity index (χ0v) is 8.89. The van der Waals surface area contributed by atoms with Gasteiger partial charge < -0.3 is 9.66 Å². The fourth-order valence-corrected chi connectivity index (χ4v) is 0.433. The van der Waals surface area contributed by atoms with Crippen molar-refractivity contribution in [2.75, 3.05) is 12.9 Å². The summed E-state index contributed by atoms with van der Waals surface area (Å²) < 4.78 is 28.8. The Labute approximate surface area is 83.0 Å². The van der Waals surface area contributed by atoms with E-state index in [4.69, 9.17) is 5.11 Å². The summed E-state index contributed by atoms with van der Waals surface area (Å²) in [6.07, 6.45) is 1.06. The summed E-state index contributed by atoms with van der Waals surface area (Å²) in [6, 6.07) is 0. The van der Waals surface area contributed by atoms with E-state index in [1.54, 1.807) is 0 Å². The van der Waals surface area contributed by atoms with Gasteiger partial charge in [-0.05, 0) is 0 Å². The number of aliphatic hydroxyl groups excluding tert-OH is 1. The molecule has 0 aromatic carbocycles. The van der Waals surface area contributed by atoms with Gasteiger partial charge in [0.2, 0.25) is 0 Å². The Morgan fingerprint density at radius 2 is 1.90 bits per heavy atom. The van der Waals surface area contributed by atoms with Gasteiger partial charge in [0.05, 0.1) is 15.9 Å². The Morgan fingerprint density at radius 1 is 1.60 bits per heavy atom. The number of hydrogen-bond donors (Lipinski definition) is 1. The van der Waals surface area contributed by atoms with Gasteiger partial charge >= 0.3 is 29.6 Å². The average Bonchev–Trinajstić information content (AvgIpc) is 1.69. The molecule has 0 radical (unpaired) electrons. The van der Waals surface area contributed by atoms with E-state index in [0.717, 1.165) is 13.2 Å². The summed E-state index contributed by atoms with van der Waals surface area (Å²) in [6.45, 7) is 3.07. The van der Waals surface area contributed by atoms with Crippen LogP contribution in [0.4, 0.5) is 0 Å². The van der Waals surface area contributed by atoms with Crippen LogP contribution >= 0.6 is 0 Å². The number of aliphatic hydroxyl groups is 1. The number of hydrogen-bond acceptors (Lipinski definition) is 4. The Kier molecular flexibility index (Phi) is 16.3. The maximum Gasteiger partial charge on any atom is 1.00 e. The van der Waals surface area contributed by atoms with E-state index in [2.05, 4.69) is 6.58 Å². The fraction of sp³-hybridized carbons (Fsp3) is 0.500. The van der Waals surface area contributed by atoms with E-state index in [-0.39, 0.29) is 29.6 Å². The maximum atomic E-state index is 9.60. The van der Waals surface area contributed by atoms with Crippen molar-refractivity contribution in [2.45, 2.75) is 0 Å². The third-order valence-electron chi connectivity index (χ3n) is 0.322. The predicted molar refractivity (Wildman–Crippen MR) is 32.9 cm³/mol. The summed E-state index contributed by atoms with van der Waals surface area (Å²) >= 11 is 0. The topological polar surface area (TPSA) is 77.4 Å². The molecule has 0 unspecified atom stereocenters. The summed E-state index contributed by atoms with van der Waals surface area (Å²) in [5, 5.41) is 7.00. The van der Waals surface area contributed by atoms with Gasteiger partial charge in [0.1, 0.15) is 0 Å². The SMILES string of the molecule is C=CCS(=O)(=O)[O-].CO.[Na+]. The molecule has 0 bridgehead atoms. The van der Waals surface area contributed by atoms with Crippen LogP contribution in [0.5, 0.6) is 0 Å². The first kappa shape index (κ1) is 16.9. The van der Waals surface area contributed by atoms with Crippen molar-refractivity contribution in [2.24, 2.45) is 0 Å². The van der Waals surface area contributed by atoms with Gasteiger partial charge in [0, 0.05) is 7.11 Å². The summed E-state index contributed by atoms with van der Waals surface area (Å²) in [4.78, 5) is 0. The van der Waals surface area contributed by atoms with Crippen molar-refractivity contribution in [1.29, 1.82) is 0 Å². The van der Waals surface area contributed by atoms with E-state index < -0.39 is 15.9 Å². The molecule has 0 saturated carbocycles. The van der Waals surface area contributed by atoms with E-state index >= 15 is 0 Å². The summed E-state index contributed by atoms with van der Waals surface area (Å²) in [5.74, 6) is -0.479. The Bertz CT molecular complexity index is 151. The van der Waals surface area contributed by atoms with Gasteiger partial charge in [-0.25, -0.2) is 8.42 Å². The zero-order chi connectivity index (χ0) is 7.91. The Balaban J connectivity index is -0.000000149. The van der Waals surface area contributed by atoms with Crippen LogP contribution in [-0.4, -0.2) is 30.9 Å². The minimum atomic E-state index is -4.04. The van der Waals surface area contributed by atoms with Crippen LogP contribution in [0.25, 0.3) is 0 Å². The van der Waals surface area contributed by atoms with Crippen LogP contribution in [0.15, 0.2) is 12.7 Å². The Hall–Kier alpha value is 0.610. The normalized spacial score (nSPS) is 8.30. The molecule has 10 heavy (non-hydrogen) atoms. The predicted octanol–water partition coefficient (Wildman–Crippen LogP) is -3.67. The number of rotatable bonds is 2. The molecule has 0 atom stereocenters. The second kappa shape index (κ2) is 9.61. The van der Waals surface area contributed by atoms with Crippen molar-refractivity contribution in [3.05, 3.63) is 12.7 Å². The van der Waals surface area contributed by atoms with Crippen LogP contribution in [0, 0.1) is 0 Å². The first-order valence-electron chi connectivity index (χ1n) is 2.05. The third-order valence-corrected chi connectivity index (χ3v) is 0.966. The van der Waals surface area contributed by atoms with Crippen LogP contribution < -0.4 is 29.6 Å². The average molecular weight is 176 g/mol. The van der Waals surface area contributed by atoms with Crippen molar-refractivity contribution < 1.29 is 47.6 Å². The van der Waals surface area contributed by atoms with Crippen molar-refractivity contribution in [3.63, 3.8) is 0 Å². The molecule has 1 N–H and O–H groups in total.